The Kier molecular flexibility index (Phi) is 2.77. The quantitative estimate of drug-likeness (QED) is 0.811. The van der Waals surface area contributed by atoms with Crippen LogP contribution in [0.15, 0.2) is 36.8 Å². The largest absolute Gasteiger partial charge is 0.302 e. The van der Waals surface area contributed by atoms with E-state index in [1.807, 2.05) is 6.92 Å². The Balaban J connectivity index is 2.04. The maximum atomic E-state index is 4.41. The summed E-state index contributed by atoms with van der Waals surface area (Å²) in [7, 11) is 0. The van der Waals surface area contributed by atoms with Gasteiger partial charge in [0.15, 0.2) is 0 Å². The van der Waals surface area contributed by atoms with E-state index in [1.165, 1.54) is 12.1 Å². The number of hydrogen-bond acceptors (Lipinski definition) is 2. The van der Waals surface area contributed by atoms with Gasteiger partial charge >= 0.3 is 0 Å². The molecule has 1 atom stereocenters. The van der Waals surface area contributed by atoms with Crippen molar-refractivity contribution in [2.45, 2.75) is 33.6 Å². The molecule has 2 heterocycles. The molecule has 3 heteroatoms. The third kappa shape index (κ3) is 1.99. The number of rotatable bonds is 2. The van der Waals surface area contributed by atoms with Crippen LogP contribution in [0.3, 0.4) is 0 Å². The molecule has 0 N–H and O–H groups in total. The first-order chi connectivity index (χ1) is 9.13. The first kappa shape index (κ1) is 12.2. The topological polar surface area (TPSA) is 30.7 Å². The van der Waals surface area contributed by atoms with Gasteiger partial charge in [-0.05, 0) is 37.3 Å². The summed E-state index contributed by atoms with van der Waals surface area (Å²) in [5, 5.41) is 1.13. The van der Waals surface area contributed by atoms with Gasteiger partial charge in [0, 0.05) is 17.3 Å². The first-order valence-electron chi connectivity index (χ1n) is 6.81. The third-order valence-corrected chi connectivity index (χ3v) is 4.20. The van der Waals surface area contributed by atoms with Crippen molar-refractivity contribution < 1.29 is 0 Å². The highest BCUT2D eigenvalue weighted by molar-refractivity contribution is 5.83. The summed E-state index contributed by atoms with van der Waals surface area (Å²) in [4.78, 5) is 8.65. The second-order valence-electron chi connectivity index (χ2n) is 5.56. The highest BCUT2D eigenvalue weighted by Gasteiger charge is 2.21. The Morgan fingerprint density at radius 1 is 1.37 bits per heavy atom. The van der Waals surface area contributed by atoms with Crippen LogP contribution in [0.2, 0.25) is 0 Å². The van der Waals surface area contributed by atoms with E-state index in [0.29, 0.717) is 5.41 Å². The Bertz CT molecular complexity index is 678. The fourth-order valence-corrected chi connectivity index (χ4v) is 2.49. The van der Waals surface area contributed by atoms with Crippen molar-refractivity contribution in [3.8, 4) is 0 Å². The van der Waals surface area contributed by atoms with Crippen molar-refractivity contribution in [3.05, 3.63) is 42.5 Å². The molecule has 19 heavy (non-hydrogen) atoms. The molecular formula is C16H19N3. The lowest BCUT2D eigenvalue weighted by atomic mass is 9.81. The second-order valence-corrected chi connectivity index (χ2v) is 5.56. The number of nitrogens with zero attached hydrogens (tertiary/aromatic N) is 3. The molecule has 0 spiro atoms. The minimum atomic E-state index is 0.303. The molecule has 1 aliphatic rings. The van der Waals surface area contributed by atoms with E-state index in [-0.39, 0.29) is 0 Å². The minimum Gasteiger partial charge on any atom is -0.302 e. The van der Waals surface area contributed by atoms with Crippen molar-refractivity contribution in [1.29, 1.82) is 0 Å². The molecule has 0 fully saturated rings. The molecule has 0 aliphatic heterocycles. The molecule has 0 bridgehead atoms. The average Bonchev–Trinajstić information content (AvgIpc) is 2.85. The fraction of sp³-hybridized carbons (Fsp3) is 0.375. The third-order valence-electron chi connectivity index (χ3n) is 4.20. The molecule has 0 saturated heterocycles. The fourth-order valence-electron chi connectivity index (χ4n) is 2.49. The van der Waals surface area contributed by atoms with Gasteiger partial charge in [0.25, 0.3) is 0 Å². The standard InChI is InChI=1S/C16H19N3/c1-4-16(3)8-5-13(6-9-16)19-10-7-14-12(2)17-11-18-15(14)19/h5-8,10-11H,4,9H2,1-3H3. The smallest absolute Gasteiger partial charge is 0.148 e. The van der Waals surface area contributed by atoms with Crippen LogP contribution in [-0.2, 0) is 0 Å². The van der Waals surface area contributed by atoms with E-state index in [1.54, 1.807) is 6.33 Å². The molecule has 3 rings (SSSR count). The SMILES string of the molecule is CCC1(C)C=CC(n2ccc3c(C)ncnc32)=CC1. The van der Waals surface area contributed by atoms with E-state index < -0.39 is 0 Å². The molecule has 2 aromatic rings. The van der Waals surface area contributed by atoms with Crippen LogP contribution in [0.5, 0.6) is 0 Å². The van der Waals surface area contributed by atoms with Crippen molar-refractivity contribution in [3.63, 3.8) is 0 Å². The normalized spacial score (nSPS) is 22.8. The lowest BCUT2D eigenvalue weighted by molar-refractivity contribution is 0.414. The van der Waals surface area contributed by atoms with Gasteiger partial charge in [0.2, 0.25) is 0 Å². The van der Waals surface area contributed by atoms with E-state index in [0.717, 1.165) is 23.1 Å². The van der Waals surface area contributed by atoms with Crippen molar-refractivity contribution in [1.82, 2.24) is 14.5 Å². The zero-order valence-corrected chi connectivity index (χ0v) is 11.7. The van der Waals surface area contributed by atoms with Gasteiger partial charge in [-0.3, -0.25) is 0 Å². The van der Waals surface area contributed by atoms with E-state index in [9.17, 15) is 0 Å². The van der Waals surface area contributed by atoms with Gasteiger partial charge in [0.1, 0.15) is 12.0 Å². The molecular weight excluding hydrogens is 234 g/mol. The molecule has 1 aliphatic carbocycles. The zero-order chi connectivity index (χ0) is 13.5. The Hall–Kier alpha value is -1.90. The summed E-state index contributed by atoms with van der Waals surface area (Å²) in [5.74, 6) is 0. The van der Waals surface area contributed by atoms with Crippen molar-refractivity contribution >= 4 is 16.7 Å². The van der Waals surface area contributed by atoms with Crippen LogP contribution in [0.25, 0.3) is 16.7 Å². The summed E-state index contributed by atoms with van der Waals surface area (Å²) in [6.45, 7) is 6.56. The maximum absolute atomic E-state index is 4.41. The number of aryl methyl sites for hydroxylation is 1. The van der Waals surface area contributed by atoms with E-state index in [2.05, 4.69) is 58.9 Å². The average molecular weight is 253 g/mol. The summed E-state index contributed by atoms with van der Waals surface area (Å²) in [5.41, 5.74) is 3.53. The van der Waals surface area contributed by atoms with Gasteiger partial charge in [-0.25, -0.2) is 9.97 Å². The summed E-state index contributed by atoms with van der Waals surface area (Å²) in [6.07, 6.45) is 12.8. The highest BCUT2D eigenvalue weighted by Crippen LogP contribution is 2.34. The van der Waals surface area contributed by atoms with Crippen LogP contribution < -0.4 is 0 Å². The van der Waals surface area contributed by atoms with Crippen LogP contribution in [0.1, 0.15) is 32.4 Å². The summed E-state index contributed by atoms with van der Waals surface area (Å²) < 4.78 is 2.15. The summed E-state index contributed by atoms with van der Waals surface area (Å²) in [6, 6.07) is 2.09. The summed E-state index contributed by atoms with van der Waals surface area (Å²) >= 11 is 0. The van der Waals surface area contributed by atoms with Gasteiger partial charge in [0.05, 0.1) is 5.69 Å². The van der Waals surface area contributed by atoms with E-state index in [4.69, 9.17) is 0 Å². The molecule has 0 aromatic carbocycles. The molecule has 0 saturated carbocycles. The van der Waals surface area contributed by atoms with E-state index >= 15 is 0 Å². The Labute approximate surface area is 113 Å². The maximum Gasteiger partial charge on any atom is 0.148 e. The van der Waals surface area contributed by atoms with Crippen LogP contribution in [0, 0.1) is 12.3 Å². The molecule has 0 amide bonds. The number of allylic oxidation sites excluding steroid dienone is 4. The lowest BCUT2D eigenvalue weighted by Gasteiger charge is -2.26. The predicted molar refractivity (Wildman–Crippen MR) is 78.7 cm³/mol. The van der Waals surface area contributed by atoms with Gasteiger partial charge in [-0.2, -0.15) is 0 Å². The van der Waals surface area contributed by atoms with Crippen LogP contribution >= 0.6 is 0 Å². The highest BCUT2D eigenvalue weighted by atomic mass is 15.1. The van der Waals surface area contributed by atoms with Gasteiger partial charge < -0.3 is 4.57 Å². The number of hydrogen-bond donors (Lipinski definition) is 0. The predicted octanol–water partition coefficient (Wildman–Crippen LogP) is 3.96. The Morgan fingerprint density at radius 2 is 2.21 bits per heavy atom. The molecule has 2 aromatic heterocycles. The van der Waals surface area contributed by atoms with Gasteiger partial charge in [-0.15, -0.1) is 0 Å². The second kappa shape index (κ2) is 4.34. The number of fused-ring (bicyclic) bond motifs is 1. The Morgan fingerprint density at radius 3 is 2.89 bits per heavy atom. The van der Waals surface area contributed by atoms with Gasteiger partial charge in [-0.1, -0.05) is 26.0 Å². The molecule has 3 nitrogen and oxygen atoms in total. The first-order valence-corrected chi connectivity index (χ1v) is 6.81. The number of aromatic nitrogens is 3. The molecule has 0 radical (unpaired) electrons. The van der Waals surface area contributed by atoms with Crippen molar-refractivity contribution in [2.24, 2.45) is 5.41 Å². The lowest BCUT2D eigenvalue weighted by Crippen LogP contribution is -2.14. The molecule has 1 unspecified atom stereocenters. The zero-order valence-electron chi connectivity index (χ0n) is 11.7. The van der Waals surface area contributed by atoms with Crippen LogP contribution in [-0.4, -0.2) is 14.5 Å². The van der Waals surface area contributed by atoms with Crippen molar-refractivity contribution in [2.75, 3.05) is 0 Å². The molecule has 98 valence electrons. The minimum absolute atomic E-state index is 0.303. The monoisotopic (exact) mass is 253 g/mol. The van der Waals surface area contributed by atoms with Crippen LogP contribution in [0.4, 0.5) is 0 Å².